The molecule has 3 aromatic heterocycles. The van der Waals surface area contributed by atoms with Crippen molar-refractivity contribution < 1.29 is 9.47 Å². The molecule has 0 radical (unpaired) electrons. The van der Waals surface area contributed by atoms with E-state index in [0.717, 1.165) is 46.4 Å². The zero-order valence-electron chi connectivity index (χ0n) is 18.6. The molecule has 0 aliphatic rings. The molecule has 0 aliphatic carbocycles. The minimum Gasteiger partial charge on any atom is -0.493 e. The second-order valence-electron chi connectivity index (χ2n) is 7.25. The van der Waals surface area contributed by atoms with Gasteiger partial charge < -0.3 is 20.1 Å². The van der Waals surface area contributed by atoms with Crippen molar-refractivity contribution >= 4 is 22.7 Å². The Kier molecular flexibility index (Phi) is 6.30. The first-order valence-corrected chi connectivity index (χ1v) is 10.3. The number of pyridine rings is 2. The van der Waals surface area contributed by atoms with Crippen LogP contribution in [0.1, 0.15) is 11.1 Å². The van der Waals surface area contributed by atoms with Crippen LogP contribution >= 0.6 is 0 Å². The molecule has 4 aromatic rings. The molecule has 0 unspecified atom stereocenters. The van der Waals surface area contributed by atoms with Gasteiger partial charge in [0.2, 0.25) is 5.95 Å². The van der Waals surface area contributed by atoms with E-state index >= 15 is 0 Å². The van der Waals surface area contributed by atoms with Crippen molar-refractivity contribution in [3.05, 3.63) is 60.0 Å². The van der Waals surface area contributed by atoms with Crippen LogP contribution in [0.5, 0.6) is 11.5 Å². The van der Waals surface area contributed by atoms with Crippen LogP contribution in [0.4, 0.5) is 11.8 Å². The molecule has 8 nitrogen and oxygen atoms in total. The summed E-state index contributed by atoms with van der Waals surface area (Å²) in [6, 6.07) is 9.97. The number of nitrogens with zero attached hydrogens (tertiary/aromatic N) is 4. The number of aromatic nitrogens is 4. The minimum absolute atomic E-state index is 0.529. The van der Waals surface area contributed by atoms with Gasteiger partial charge >= 0.3 is 0 Å². The molecule has 164 valence electrons. The van der Waals surface area contributed by atoms with E-state index in [-0.39, 0.29) is 0 Å². The Bertz CT molecular complexity index is 1230. The molecule has 0 atom stereocenters. The summed E-state index contributed by atoms with van der Waals surface area (Å²) in [5, 5.41) is 6.94. The van der Waals surface area contributed by atoms with Gasteiger partial charge in [-0.05, 0) is 42.2 Å². The third-order valence-electron chi connectivity index (χ3n) is 5.28. The van der Waals surface area contributed by atoms with Gasteiger partial charge in [-0.1, -0.05) is 6.07 Å². The number of benzene rings is 1. The lowest BCUT2D eigenvalue weighted by atomic mass is 10.0. The van der Waals surface area contributed by atoms with E-state index in [1.807, 2.05) is 43.8 Å². The Morgan fingerprint density at radius 2 is 1.59 bits per heavy atom. The molecule has 0 bridgehead atoms. The quantitative estimate of drug-likeness (QED) is 0.434. The Hall–Kier alpha value is -3.94. The first-order chi connectivity index (χ1) is 15.6. The van der Waals surface area contributed by atoms with Crippen molar-refractivity contribution in [2.75, 3.05) is 38.9 Å². The summed E-state index contributed by atoms with van der Waals surface area (Å²) >= 11 is 0. The molecular weight excluding hydrogens is 404 g/mol. The Morgan fingerprint density at radius 1 is 0.812 bits per heavy atom. The van der Waals surface area contributed by atoms with E-state index < -0.39 is 0 Å². The number of methoxy groups -OCH3 is 2. The van der Waals surface area contributed by atoms with Gasteiger partial charge in [0.05, 0.1) is 25.4 Å². The lowest BCUT2D eigenvalue weighted by molar-refractivity contribution is 0.356. The standard InChI is InChI=1S/C24H26N6O2/c1-25-22-8-7-15(13-28-22)5-6-16-9-17(14-27-12-16)23-18-10-20(31-3)21(32-4)11-19(18)29-24(26-2)30-23/h7-14H,5-6H2,1-4H3,(H,25,28)(H,26,29,30). The topological polar surface area (TPSA) is 94.1 Å². The first kappa shape index (κ1) is 21.3. The SMILES string of the molecule is CNc1ccc(CCc2cncc(-c3nc(NC)nc4cc(OC)c(OC)cc34)c2)cn1. The van der Waals surface area contributed by atoms with Gasteiger partial charge in [0.1, 0.15) is 5.82 Å². The summed E-state index contributed by atoms with van der Waals surface area (Å²) in [6.45, 7) is 0. The van der Waals surface area contributed by atoms with Gasteiger partial charge in [0.25, 0.3) is 0 Å². The van der Waals surface area contributed by atoms with Gasteiger partial charge in [0.15, 0.2) is 11.5 Å². The lowest BCUT2D eigenvalue weighted by Crippen LogP contribution is -2.01. The fraction of sp³-hybridized carbons (Fsp3) is 0.250. The maximum absolute atomic E-state index is 5.50. The van der Waals surface area contributed by atoms with Gasteiger partial charge in [-0.3, -0.25) is 4.98 Å². The molecule has 0 saturated carbocycles. The zero-order valence-corrected chi connectivity index (χ0v) is 18.6. The molecule has 0 amide bonds. The summed E-state index contributed by atoms with van der Waals surface area (Å²) < 4.78 is 10.9. The van der Waals surface area contributed by atoms with E-state index in [2.05, 4.69) is 37.7 Å². The summed E-state index contributed by atoms with van der Waals surface area (Å²) in [7, 11) is 6.89. The van der Waals surface area contributed by atoms with Crippen LogP contribution in [0.15, 0.2) is 48.9 Å². The van der Waals surface area contributed by atoms with Crippen LogP contribution in [-0.4, -0.2) is 48.3 Å². The number of aryl methyl sites for hydroxylation is 2. The number of hydrogen-bond acceptors (Lipinski definition) is 8. The first-order valence-electron chi connectivity index (χ1n) is 10.3. The molecule has 0 saturated heterocycles. The molecule has 2 N–H and O–H groups in total. The van der Waals surface area contributed by atoms with E-state index in [4.69, 9.17) is 14.5 Å². The van der Waals surface area contributed by atoms with Crippen molar-refractivity contribution in [1.29, 1.82) is 0 Å². The van der Waals surface area contributed by atoms with Gasteiger partial charge in [-0.15, -0.1) is 0 Å². The number of anilines is 2. The number of ether oxygens (including phenoxy) is 2. The number of fused-ring (bicyclic) bond motifs is 1. The average Bonchev–Trinajstić information content (AvgIpc) is 2.86. The van der Waals surface area contributed by atoms with E-state index in [1.54, 1.807) is 21.3 Å². The molecule has 0 aliphatic heterocycles. The Labute approximate surface area is 187 Å². The smallest absolute Gasteiger partial charge is 0.223 e. The summed E-state index contributed by atoms with van der Waals surface area (Å²) in [5.74, 6) is 2.64. The zero-order chi connectivity index (χ0) is 22.5. The van der Waals surface area contributed by atoms with Crippen LogP contribution in [0.3, 0.4) is 0 Å². The molecule has 3 heterocycles. The fourth-order valence-electron chi connectivity index (χ4n) is 3.55. The maximum Gasteiger partial charge on any atom is 0.223 e. The largest absolute Gasteiger partial charge is 0.493 e. The second-order valence-corrected chi connectivity index (χ2v) is 7.25. The average molecular weight is 431 g/mol. The molecule has 0 spiro atoms. The summed E-state index contributed by atoms with van der Waals surface area (Å²) in [4.78, 5) is 18.2. The summed E-state index contributed by atoms with van der Waals surface area (Å²) in [5.41, 5.74) is 4.77. The maximum atomic E-state index is 5.50. The van der Waals surface area contributed by atoms with E-state index in [1.165, 1.54) is 5.56 Å². The highest BCUT2D eigenvalue weighted by Crippen LogP contribution is 2.36. The van der Waals surface area contributed by atoms with Crippen molar-refractivity contribution in [2.24, 2.45) is 0 Å². The van der Waals surface area contributed by atoms with Crippen molar-refractivity contribution in [2.45, 2.75) is 12.8 Å². The highest BCUT2D eigenvalue weighted by Gasteiger charge is 2.15. The predicted molar refractivity (Wildman–Crippen MR) is 127 cm³/mol. The minimum atomic E-state index is 0.529. The normalized spacial score (nSPS) is 10.8. The van der Waals surface area contributed by atoms with Crippen LogP contribution < -0.4 is 20.1 Å². The van der Waals surface area contributed by atoms with Crippen LogP contribution in [0.25, 0.3) is 22.2 Å². The molecular formula is C24H26N6O2. The number of hydrogen-bond donors (Lipinski definition) is 2. The fourth-order valence-corrected chi connectivity index (χ4v) is 3.55. The highest BCUT2D eigenvalue weighted by molar-refractivity contribution is 5.95. The van der Waals surface area contributed by atoms with Gasteiger partial charge in [0, 0.05) is 49.7 Å². The summed E-state index contributed by atoms with van der Waals surface area (Å²) in [6.07, 6.45) is 7.34. The van der Waals surface area contributed by atoms with Crippen LogP contribution in [0, 0.1) is 0 Å². The van der Waals surface area contributed by atoms with Crippen molar-refractivity contribution in [3.8, 4) is 22.8 Å². The number of nitrogens with one attached hydrogen (secondary N) is 2. The third-order valence-corrected chi connectivity index (χ3v) is 5.28. The molecule has 32 heavy (non-hydrogen) atoms. The predicted octanol–water partition coefficient (Wildman–Crippen LogP) is 3.97. The molecule has 8 heteroatoms. The van der Waals surface area contributed by atoms with Gasteiger partial charge in [-0.25, -0.2) is 15.0 Å². The highest BCUT2D eigenvalue weighted by atomic mass is 16.5. The molecule has 1 aromatic carbocycles. The Balaban J connectivity index is 1.70. The van der Waals surface area contributed by atoms with Crippen molar-refractivity contribution in [3.63, 3.8) is 0 Å². The lowest BCUT2D eigenvalue weighted by Gasteiger charge is -2.13. The molecule has 4 rings (SSSR count). The van der Waals surface area contributed by atoms with Crippen LogP contribution in [-0.2, 0) is 12.8 Å². The van der Waals surface area contributed by atoms with Gasteiger partial charge in [-0.2, -0.15) is 0 Å². The van der Waals surface area contributed by atoms with E-state index in [9.17, 15) is 0 Å². The van der Waals surface area contributed by atoms with Crippen LogP contribution in [0.2, 0.25) is 0 Å². The Morgan fingerprint density at radius 3 is 2.28 bits per heavy atom. The third kappa shape index (κ3) is 4.39. The van der Waals surface area contributed by atoms with Crippen molar-refractivity contribution in [1.82, 2.24) is 19.9 Å². The number of rotatable bonds is 8. The molecule has 0 fully saturated rings. The monoisotopic (exact) mass is 430 g/mol. The van der Waals surface area contributed by atoms with E-state index in [0.29, 0.717) is 17.4 Å². The second kappa shape index (κ2) is 9.47.